The van der Waals surface area contributed by atoms with Gasteiger partial charge in [0.15, 0.2) is 0 Å². The zero-order valence-electron chi connectivity index (χ0n) is 9.42. The van der Waals surface area contributed by atoms with E-state index in [1.807, 2.05) is 6.92 Å². The summed E-state index contributed by atoms with van der Waals surface area (Å²) in [5.74, 6) is -0.0303. The van der Waals surface area contributed by atoms with Crippen LogP contribution in [0, 0.1) is 0 Å². The fourth-order valence-electron chi connectivity index (χ4n) is 1.19. The molecular weight excluding hydrogens is 204 g/mol. The number of carbonyl (C=O) groups excluding carboxylic acids is 1. The summed E-state index contributed by atoms with van der Waals surface area (Å²) in [6, 6.07) is 5.21. The van der Waals surface area contributed by atoms with Crippen LogP contribution in [0.2, 0.25) is 0 Å². The fraction of sp³-hybridized carbons (Fsp3) is 0.364. The molecule has 0 unspecified atom stereocenters. The first-order valence-electron chi connectivity index (χ1n) is 5.29. The van der Waals surface area contributed by atoms with Crippen molar-refractivity contribution < 1.29 is 4.79 Å². The average molecular weight is 222 g/mol. The van der Waals surface area contributed by atoms with E-state index in [2.05, 4.69) is 10.6 Å². The van der Waals surface area contributed by atoms with E-state index in [0.29, 0.717) is 17.9 Å². The highest BCUT2D eigenvalue weighted by Gasteiger charge is 2.01. The predicted molar refractivity (Wildman–Crippen MR) is 67.1 cm³/mol. The van der Waals surface area contributed by atoms with Gasteiger partial charge in [-0.15, -0.1) is 0 Å². The number of anilines is 3. The summed E-state index contributed by atoms with van der Waals surface area (Å²) in [7, 11) is 0. The average Bonchev–Trinajstić information content (AvgIpc) is 2.28. The first-order chi connectivity index (χ1) is 7.63. The van der Waals surface area contributed by atoms with Gasteiger partial charge < -0.3 is 22.1 Å². The van der Waals surface area contributed by atoms with Gasteiger partial charge in [-0.2, -0.15) is 0 Å². The number of benzene rings is 1. The molecule has 0 aliphatic rings. The second-order valence-corrected chi connectivity index (χ2v) is 3.55. The molecule has 1 amide bonds. The monoisotopic (exact) mass is 222 g/mol. The molecule has 0 spiro atoms. The summed E-state index contributed by atoms with van der Waals surface area (Å²) < 4.78 is 0. The minimum absolute atomic E-state index is 0.0303. The van der Waals surface area contributed by atoms with Gasteiger partial charge in [0.1, 0.15) is 0 Å². The lowest BCUT2D eigenvalue weighted by atomic mass is 10.2. The number of nitrogen functional groups attached to an aromatic ring is 2. The first-order valence-corrected chi connectivity index (χ1v) is 5.29. The molecule has 0 aliphatic carbocycles. The molecule has 0 fully saturated rings. The Balaban J connectivity index is 2.42. The standard InChI is InChI=1S/C11H18N4O/c1-2-5-14-11(16)7-15-8-3-4-9(12)10(13)6-8/h3-4,6,15H,2,5,7,12-13H2,1H3,(H,14,16). The number of amides is 1. The third kappa shape index (κ3) is 3.68. The molecule has 0 aromatic heterocycles. The van der Waals surface area contributed by atoms with E-state index in [-0.39, 0.29) is 12.5 Å². The van der Waals surface area contributed by atoms with Gasteiger partial charge >= 0.3 is 0 Å². The van der Waals surface area contributed by atoms with Gasteiger partial charge in [0.25, 0.3) is 0 Å². The third-order valence-electron chi connectivity index (χ3n) is 2.11. The maximum atomic E-state index is 11.3. The van der Waals surface area contributed by atoms with Crippen LogP contribution in [0.3, 0.4) is 0 Å². The second-order valence-electron chi connectivity index (χ2n) is 3.55. The Morgan fingerprint density at radius 1 is 1.31 bits per heavy atom. The van der Waals surface area contributed by atoms with Gasteiger partial charge in [0.2, 0.25) is 5.91 Å². The lowest BCUT2D eigenvalue weighted by Gasteiger charge is -2.08. The maximum Gasteiger partial charge on any atom is 0.239 e. The van der Waals surface area contributed by atoms with Gasteiger partial charge in [-0.1, -0.05) is 6.92 Å². The maximum absolute atomic E-state index is 11.3. The molecule has 0 saturated carbocycles. The lowest BCUT2D eigenvalue weighted by molar-refractivity contribution is -0.119. The van der Waals surface area contributed by atoms with Crippen LogP contribution in [0.4, 0.5) is 17.1 Å². The topological polar surface area (TPSA) is 93.2 Å². The fourth-order valence-corrected chi connectivity index (χ4v) is 1.19. The van der Waals surface area contributed by atoms with Gasteiger partial charge in [-0.3, -0.25) is 4.79 Å². The first kappa shape index (κ1) is 12.2. The molecule has 0 aliphatic heterocycles. The summed E-state index contributed by atoms with van der Waals surface area (Å²) in [6.07, 6.45) is 0.931. The van der Waals surface area contributed by atoms with E-state index in [1.165, 1.54) is 0 Å². The largest absolute Gasteiger partial charge is 0.397 e. The molecule has 16 heavy (non-hydrogen) atoms. The van der Waals surface area contributed by atoms with Crippen LogP contribution in [0.25, 0.3) is 0 Å². The van der Waals surface area contributed by atoms with E-state index in [9.17, 15) is 4.79 Å². The van der Waals surface area contributed by atoms with Gasteiger partial charge in [0, 0.05) is 12.2 Å². The van der Waals surface area contributed by atoms with Crippen molar-refractivity contribution in [3.63, 3.8) is 0 Å². The van der Waals surface area contributed by atoms with Crippen LogP contribution in [-0.2, 0) is 4.79 Å². The minimum atomic E-state index is -0.0303. The quantitative estimate of drug-likeness (QED) is 0.554. The van der Waals surface area contributed by atoms with Crippen molar-refractivity contribution in [3.05, 3.63) is 18.2 Å². The summed E-state index contributed by atoms with van der Waals surface area (Å²) in [5, 5.41) is 5.74. The third-order valence-corrected chi connectivity index (χ3v) is 2.11. The Morgan fingerprint density at radius 2 is 2.06 bits per heavy atom. The SMILES string of the molecule is CCCNC(=O)CNc1ccc(N)c(N)c1. The number of carbonyl (C=O) groups is 1. The van der Waals surface area contributed by atoms with Gasteiger partial charge in [0.05, 0.1) is 17.9 Å². The van der Waals surface area contributed by atoms with E-state index in [1.54, 1.807) is 18.2 Å². The number of nitrogens with one attached hydrogen (secondary N) is 2. The van der Waals surface area contributed by atoms with Crippen molar-refractivity contribution in [2.45, 2.75) is 13.3 Å². The zero-order valence-corrected chi connectivity index (χ0v) is 9.42. The lowest BCUT2D eigenvalue weighted by Crippen LogP contribution is -2.30. The molecule has 1 aromatic rings. The second kappa shape index (κ2) is 5.85. The highest BCUT2D eigenvalue weighted by molar-refractivity contribution is 5.81. The molecule has 0 radical (unpaired) electrons. The zero-order chi connectivity index (χ0) is 12.0. The summed E-state index contributed by atoms with van der Waals surface area (Å²) >= 11 is 0. The van der Waals surface area contributed by atoms with Crippen LogP contribution in [0.1, 0.15) is 13.3 Å². The van der Waals surface area contributed by atoms with E-state index in [4.69, 9.17) is 11.5 Å². The highest BCUT2D eigenvalue weighted by Crippen LogP contribution is 2.19. The molecule has 1 aromatic carbocycles. The molecule has 0 atom stereocenters. The van der Waals surface area contributed by atoms with Crippen molar-refractivity contribution in [3.8, 4) is 0 Å². The summed E-state index contributed by atoms with van der Waals surface area (Å²) in [6.45, 7) is 2.95. The molecule has 0 saturated heterocycles. The summed E-state index contributed by atoms with van der Waals surface area (Å²) in [5.41, 5.74) is 13.1. The van der Waals surface area contributed by atoms with Crippen LogP contribution in [0.5, 0.6) is 0 Å². The molecule has 1 rings (SSSR count). The van der Waals surface area contributed by atoms with Crippen molar-refractivity contribution in [1.82, 2.24) is 5.32 Å². The van der Waals surface area contributed by atoms with Crippen LogP contribution >= 0.6 is 0 Å². The van der Waals surface area contributed by atoms with Gasteiger partial charge in [-0.05, 0) is 24.6 Å². The van der Waals surface area contributed by atoms with Crippen LogP contribution in [-0.4, -0.2) is 19.0 Å². The van der Waals surface area contributed by atoms with Crippen molar-refractivity contribution in [1.29, 1.82) is 0 Å². The van der Waals surface area contributed by atoms with Crippen molar-refractivity contribution in [2.24, 2.45) is 0 Å². The van der Waals surface area contributed by atoms with Crippen molar-refractivity contribution >= 4 is 23.0 Å². The normalized spacial score (nSPS) is 9.81. The Hall–Kier alpha value is -1.91. The number of nitrogens with two attached hydrogens (primary N) is 2. The molecule has 0 bridgehead atoms. The Morgan fingerprint density at radius 3 is 2.69 bits per heavy atom. The Kier molecular flexibility index (Phi) is 4.44. The van der Waals surface area contributed by atoms with Crippen LogP contribution < -0.4 is 22.1 Å². The molecule has 5 nitrogen and oxygen atoms in total. The number of rotatable bonds is 5. The Labute approximate surface area is 95.2 Å². The molecule has 0 heterocycles. The van der Waals surface area contributed by atoms with Crippen LogP contribution in [0.15, 0.2) is 18.2 Å². The molecule has 6 N–H and O–H groups in total. The van der Waals surface area contributed by atoms with E-state index in [0.717, 1.165) is 12.1 Å². The number of hydrogen-bond acceptors (Lipinski definition) is 4. The predicted octanol–water partition coefficient (Wildman–Crippen LogP) is 0.789. The molecular formula is C11H18N4O. The van der Waals surface area contributed by atoms with Gasteiger partial charge in [-0.25, -0.2) is 0 Å². The molecule has 88 valence electrons. The Bertz CT molecular complexity index is 365. The van der Waals surface area contributed by atoms with Crippen molar-refractivity contribution in [2.75, 3.05) is 29.9 Å². The highest BCUT2D eigenvalue weighted by atomic mass is 16.1. The number of hydrogen-bond donors (Lipinski definition) is 4. The summed E-state index contributed by atoms with van der Waals surface area (Å²) in [4.78, 5) is 11.3. The molecule has 5 heteroatoms. The minimum Gasteiger partial charge on any atom is -0.397 e. The smallest absolute Gasteiger partial charge is 0.239 e. The van der Waals surface area contributed by atoms with E-state index < -0.39 is 0 Å². The van der Waals surface area contributed by atoms with E-state index >= 15 is 0 Å².